The lowest BCUT2D eigenvalue weighted by atomic mass is 10.2. The quantitative estimate of drug-likeness (QED) is 0.731. The van der Waals surface area contributed by atoms with Gasteiger partial charge in [-0.3, -0.25) is 4.79 Å². The summed E-state index contributed by atoms with van der Waals surface area (Å²) in [7, 11) is 1.63. The van der Waals surface area contributed by atoms with Crippen molar-refractivity contribution in [3.05, 3.63) is 24.3 Å². The van der Waals surface area contributed by atoms with Crippen molar-refractivity contribution >= 4 is 11.6 Å². The van der Waals surface area contributed by atoms with Gasteiger partial charge in [-0.15, -0.1) is 0 Å². The molecule has 1 amide bonds. The summed E-state index contributed by atoms with van der Waals surface area (Å²) < 4.78 is 5.08. The van der Waals surface area contributed by atoms with E-state index < -0.39 is 0 Å². The van der Waals surface area contributed by atoms with E-state index in [1.165, 1.54) is 0 Å². The van der Waals surface area contributed by atoms with Crippen LogP contribution in [0.25, 0.3) is 0 Å². The van der Waals surface area contributed by atoms with Gasteiger partial charge in [0.15, 0.2) is 0 Å². The molecule has 100 valence electrons. The van der Waals surface area contributed by atoms with E-state index in [9.17, 15) is 4.79 Å². The van der Waals surface area contributed by atoms with Crippen LogP contribution in [0, 0.1) is 0 Å². The van der Waals surface area contributed by atoms with Crippen LogP contribution in [0.3, 0.4) is 0 Å². The van der Waals surface area contributed by atoms with Crippen LogP contribution in [0.1, 0.15) is 26.7 Å². The average Bonchev–Trinajstić information content (AvgIpc) is 2.39. The highest BCUT2D eigenvalue weighted by atomic mass is 16.5. The topological polar surface area (TPSA) is 50.4 Å². The molecule has 1 aromatic carbocycles. The van der Waals surface area contributed by atoms with Gasteiger partial charge in [0.1, 0.15) is 11.8 Å². The fraction of sp³-hybridized carbons (Fsp3) is 0.500. The minimum atomic E-state index is -0.241. The summed E-state index contributed by atoms with van der Waals surface area (Å²) in [5.41, 5.74) is 0.911. The van der Waals surface area contributed by atoms with E-state index in [0.717, 1.165) is 30.8 Å². The Morgan fingerprint density at radius 1 is 1.33 bits per heavy atom. The Hall–Kier alpha value is -1.71. The molecule has 0 aromatic heterocycles. The molecule has 1 aromatic rings. The number of methoxy groups -OCH3 is 1. The van der Waals surface area contributed by atoms with E-state index in [2.05, 4.69) is 17.6 Å². The van der Waals surface area contributed by atoms with Crippen LogP contribution in [-0.2, 0) is 4.79 Å². The van der Waals surface area contributed by atoms with Gasteiger partial charge in [0.2, 0.25) is 5.91 Å². The second-order valence-electron chi connectivity index (χ2n) is 4.24. The first-order valence-electron chi connectivity index (χ1n) is 6.35. The number of rotatable bonds is 7. The first-order valence-corrected chi connectivity index (χ1v) is 6.35. The molecule has 1 atom stereocenters. The molecule has 1 rings (SSSR count). The molecule has 4 heteroatoms. The van der Waals surface area contributed by atoms with Crippen LogP contribution in [0.2, 0.25) is 0 Å². The van der Waals surface area contributed by atoms with Gasteiger partial charge in [0.25, 0.3) is 0 Å². The molecular formula is C14H22N2O2. The molecule has 0 bridgehead atoms. The van der Waals surface area contributed by atoms with E-state index in [4.69, 9.17) is 4.74 Å². The highest BCUT2D eigenvalue weighted by Crippen LogP contribution is 2.15. The van der Waals surface area contributed by atoms with Crippen molar-refractivity contribution in [3.63, 3.8) is 0 Å². The lowest BCUT2D eigenvalue weighted by Gasteiger charge is -2.15. The largest absolute Gasteiger partial charge is 0.497 e. The zero-order valence-corrected chi connectivity index (χ0v) is 11.3. The average molecular weight is 250 g/mol. The maximum Gasteiger partial charge on any atom is 0.242 e. The van der Waals surface area contributed by atoms with Crippen molar-refractivity contribution in [2.24, 2.45) is 0 Å². The van der Waals surface area contributed by atoms with E-state index >= 15 is 0 Å². The SMILES string of the molecule is CCCCNC(=O)C(C)Nc1ccc(OC)cc1. The van der Waals surface area contributed by atoms with Gasteiger partial charge in [0, 0.05) is 12.2 Å². The molecule has 4 nitrogen and oxygen atoms in total. The first-order chi connectivity index (χ1) is 8.67. The Balaban J connectivity index is 2.42. The summed E-state index contributed by atoms with van der Waals surface area (Å²) >= 11 is 0. The third kappa shape index (κ3) is 4.65. The number of hydrogen-bond acceptors (Lipinski definition) is 3. The minimum Gasteiger partial charge on any atom is -0.497 e. The molecule has 0 aliphatic rings. The standard InChI is InChI=1S/C14H22N2O2/c1-4-5-10-15-14(17)11(2)16-12-6-8-13(18-3)9-7-12/h6-9,11,16H,4-5,10H2,1-3H3,(H,15,17). The first kappa shape index (κ1) is 14.4. The van der Waals surface area contributed by atoms with Crippen molar-refractivity contribution in [1.29, 1.82) is 0 Å². The number of unbranched alkanes of at least 4 members (excludes halogenated alkanes) is 1. The normalized spacial score (nSPS) is 11.7. The van der Waals surface area contributed by atoms with Crippen LogP contribution in [-0.4, -0.2) is 25.6 Å². The Bertz CT molecular complexity index is 363. The smallest absolute Gasteiger partial charge is 0.242 e. The zero-order chi connectivity index (χ0) is 13.4. The van der Waals surface area contributed by atoms with Crippen molar-refractivity contribution < 1.29 is 9.53 Å². The second kappa shape index (κ2) is 7.58. The Morgan fingerprint density at radius 2 is 2.00 bits per heavy atom. The summed E-state index contributed by atoms with van der Waals surface area (Å²) in [5, 5.41) is 6.05. The molecule has 0 heterocycles. The number of carbonyl (C=O) groups is 1. The van der Waals surface area contributed by atoms with Gasteiger partial charge >= 0.3 is 0 Å². The van der Waals surface area contributed by atoms with Crippen LogP contribution in [0.15, 0.2) is 24.3 Å². The number of hydrogen-bond donors (Lipinski definition) is 2. The molecule has 0 radical (unpaired) electrons. The summed E-state index contributed by atoms with van der Waals surface area (Å²) in [5.74, 6) is 0.833. The van der Waals surface area contributed by atoms with Gasteiger partial charge in [-0.1, -0.05) is 13.3 Å². The zero-order valence-electron chi connectivity index (χ0n) is 11.3. The molecular weight excluding hydrogens is 228 g/mol. The number of nitrogens with one attached hydrogen (secondary N) is 2. The van der Waals surface area contributed by atoms with Crippen molar-refractivity contribution in [2.75, 3.05) is 19.0 Å². The minimum absolute atomic E-state index is 0.0271. The Kier molecular flexibility index (Phi) is 6.05. The molecule has 0 aliphatic carbocycles. The fourth-order valence-electron chi connectivity index (χ4n) is 1.54. The van der Waals surface area contributed by atoms with Crippen molar-refractivity contribution in [2.45, 2.75) is 32.7 Å². The lowest BCUT2D eigenvalue weighted by molar-refractivity contribution is -0.121. The molecule has 0 aliphatic heterocycles. The summed E-state index contributed by atoms with van der Waals surface area (Å²) in [6.45, 7) is 4.70. The second-order valence-corrected chi connectivity index (χ2v) is 4.24. The number of anilines is 1. The maximum atomic E-state index is 11.7. The van der Waals surface area contributed by atoms with Crippen LogP contribution >= 0.6 is 0 Å². The molecule has 0 saturated heterocycles. The van der Waals surface area contributed by atoms with E-state index in [0.29, 0.717) is 0 Å². The Morgan fingerprint density at radius 3 is 2.56 bits per heavy atom. The van der Waals surface area contributed by atoms with E-state index in [1.807, 2.05) is 31.2 Å². The number of carbonyl (C=O) groups excluding carboxylic acids is 1. The molecule has 0 spiro atoms. The molecule has 0 fully saturated rings. The Labute approximate surface area is 109 Å². The number of benzene rings is 1. The van der Waals surface area contributed by atoms with Gasteiger partial charge in [0.05, 0.1) is 7.11 Å². The molecule has 0 saturated carbocycles. The predicted octanol–water partition coefficient (Wildman–Crippen LogP) is 2.41. The van der Waals surface area contributed by atoms with Gasteiger partial charge in [-0.05, 0) is 37.6 Å². The third-order valence-corrected chi connectivity index (χ3v) is 2.70. The van der Waals surface area contributed by atoms with Crippen LogP contribution in [0.4, 0.5) is 5.69 Å². The lowest BCUT2D eigenvalue weighted by Crippen LogP contribution is -2.37. The summed E-state index contributed by atoms with van der Waals surface area (Å²) in [6, 6.07) is 7.28. The van der Waals surface area contributed by atoms with Gasteiger partial charge in [-0.2, -0.15) is 0 Å². The van der Waals surface area contributed by atoms with Crippen molar-refractivity contribution in [1.82, 2.24) is 5.32 Å². The van der Waals surface area contributed by atoms with E-state index in [1.54, 1.807) is 7.11 Å². The number of amides is 1. The predicted molar refractivity (Wildman–Crippen MR) is 74.0 cm³/mol. The monoisotopic (exact) mass is 250 g/mol. The highest BCUT2D eigenvalue weighted by Gasteiger charge is 2.11. The molecule has 1 unspecified atom stereocenters. The fourth-order valence-corrected chi connectivity index (χ4v) is 1.54. The number of ether oxygens (including phenoxy) is 1. The summed E-state index contributed by atoms with van der Waals surface area (Å²) in [6.07, 6.45) is 2.10. The highest BCUT2D eigenvalue weighted by molar-refractivity contribution is 5.84. The summed E-state index contributed by atoms with van der Waals surface area (Å²) in [4.78, 5) is 11.7. The molecule has 18 heavy (non-hydrogen) atoms. The van der Waals surface area contributed by atoms with E-state index in [-0.39, 0.29) is 11.9 Å². The maximum absolute atomic E-state index is 11.7. The van der Waals surface area contributed by atoms with Crippen LogP contribution < -0.4 is 15.4 Å². The third-order valence-electron chi connectivity index (χ3n) is 2.70. The van der Waals surface area contributed by atoms with Gasteiger partial charge < -0.3 is 15.4 Å². The van der Waals surface area contributed by atoms with Crippen molar-refractivity contribution in [3.8, 4) is 5.75 Å². The van der Waals surface area contributed by atoms with Gasteiger partial charge in [-0.25, -0.2) is 0 Å². The van der Waals surface area contributed by atoms with Crippen LogP contribution in [0.5, 0.6) is 5.75 Å². The molecule has 2 N–H and O–H groups in total.